The molecule has 2 unspecified atom stereocenters. The molecule has 5 nitrogen and oxygen atoms in total. The number of nitrogens with zero attached hydrogens (tertiary/aromatic N) is 3. The van der Waals surface area contributed by atoms with Gasteiger partial charge in [-0.25, -0.2) is 0 Å². The van der Waals surface area contributed by atoms with E-state index in [1.807, 2.05) is 0 Å². The first-order valence-electron chi connectivity index (χ1n) is 6.52. The Balaban J connectivity index is 1.72. The lowest BCUT2D eigenvalue weighted by Crippen LogP contribution is -2.39. The van der Waals surface area contributed by atoms with Crippen LogP contribution in [0.2, 0.25) is 0 Å². The highest BCUT2D eigenvalue weighted by molar-refractivity contribution is 5.05. The van der Waals surface area contributed by atoms with Gasteiger partial charge in [-0.1, -0.05) is 5.16 Å². The van der Waals surface area contributed by atoms with Crippen LogP contribution in [0.4, 0.5) is 0 Å². The summed E-state index contributed by atoms with van der Waals surface area (Å²) in [6, 6.07) is 1.44. The summed E-state index contributed by atoms with van der Waals surface area (Å²) in [4.78, 5) is 6.99. The molecule has 2 fully saturated rings. The van der Waals surface area contributed by atoms with Crippen LogP contribution in [-0.4, -0.2) is 40.7 Å². The molecule has 2 aliphatic heterocycles. The number of hydrogen-bond donors (Lipinski definition) is 1. The molecule has 0 saturated carbocycles. The van der Waals surface area contributed by atoms with Gasteiger partial charge in [-0.2, -0.15) is 4.98 Å². The number of fused-ring (bicyclic) bond motifs is 2. The van der Waals surface area contributed by atoms with Crippen molar-refractivity contribution in [3.63, 3.8) is 0 Å². The zero-order chi connectivity index (χ0) is 11.8. The largest absolute Gasteiger partial charge is 0.339 e. The molecule has 0 aromatic carbocycles. The van der Waals surface area contributed by atoms with E-state index in [0.717, 1.165) is 17.9 Å². The van der Waals surface area contributed by atoms with E-state index in [4.69, 9.17) is 10.3 Å². The molecule has 1 aromatic heterocycles. The average Bonchev–Trinajstić information content (AvgIpc) is 2.83. The third-order valence-corrected chi connectivity index (χ3v) is 4.31. The Labute approximate surface area is 101 Å². The molecule has 0 radical (unpaired) electrons. The van der Waals surface area contributed by atoms with E-state index in [-0.39, 0.29) is 0 Å². The third-order valence-electron chi connectivity index (χ3n) is 4.31. The predicted molar refractivity (Wildman–Crippen MR) is 63.6 cm³/mol. The Morgan fingerprint density at radius 2 is 2.06 bits per heavy atom. The van der Waals surface area contributed by atoms with Gasteiger partial charge in [0.2, 0.25) is 5.89 Å². The van der Waals surface area contributed by atoms with E-state index in [0.29, 0.717) is 24.8 Å². The third kappa shape index (κ3) is 1.98. The molecule has 0 aliphatic carbocycles. The topological polar surface area (TPSA) is 68.2 Å². The highest BCUT2D eigenvalue weighted by atomic mass is 16.5. The number of rotatable bonds is 3. The molecule has 2 bridgehead atoms. The van der Waals surface area contributed by atoms with Crippen LogP contribution in [0.15, 0.2) is 4.52 Å². The van der Waals surface area contributed by atoms with E-state index in [1.54, 1.807) is 0 Å². The average molecular weight is 236 g/mol. The van der Waals surface area contributed by atoms with Crippen LogP contribution in [0.25, 0.3) is 0 Å². The summed E-state index contributed by atoms with van der Waals surface area (Å²) in [6.45, 7) is 0.570. The molecule has 17 heavy (non-hydrogen) atoms. The zero-order valence-corrected chi connectivity index (χ0v) is 10.3. The monoisotopic (exact) mass is 236 g/mol. The molecule has 3 rings (SSSR count). The summed E-state index contributed by atoms with van der Waals surface area (Å²) in [5.41, 5.74) is 5.49. The fraction of sp³-hybridized carbons (Fsp3) is 0.833. The first kappa shape index (κ1) is 11.2. The maximum absolute atomic E-state index is 5.49. The minimum Gasteiger partial charge on any atom is -0.339 e. The van der Waals surface area contributed by atoms with E-state index in [9.17, 15) is 0 Å². The van der Waals surface area contributed by atoms with Crippen LogP contribution in [0, 0.1) is 0 Å². The van der Waals surface area contributed by atoms with Crippen molar-refractivity contribution in [2.24, 2.45) is 5.73 Å². The maximum atomic E-state index is 5.49. The van der Waals surface area contributed by atoms with Crippen molar-refractivity contribution in [2.45, 2.75) is 50.1 Å². The first-order valence-corrected chi connectivity index (χ1v) is 6.52. The zero-order valence-electron chi connectivity index (χ0n) is 10.3. The number of nitrogens with two attached hydrogens (primary N) is 1. The van der Waals surface area contributed by atoms with Crippen molar-refractivity contribution in [3.05, 3.63) is 11.7 Å². The second-order valence-electron chi connectivity index (χ2n) is 5.30. The van der Waals surface area contributed by atoms with Crippen LogP contribution in [-0.2, 0) is 6.42 Å². The SMILES string of the molecule is CN1C2CCC1CC(c1noc(CCN)n1)C2. The standard InChI is InChI=1S/C12H20N4O/c1-16-9-2-3-10(16)7-8(6-9)12-14-11(4-5-13)17-15-12/h8-10H,2-7,13H2,1H3. The van der Waals surface area contributed by atoms with Crippen molar-refractivity contribution in [3.8, 4) is 0 Å². The molecular weight excluding hydrogens is 216 g/mol. The molecule has 1 aromatic rings. The van der Waals surface area contributed by atoms with Gasteiger partial charge < -0.3 is 15.2 Å². The van der Waals surface area contributed by atoms with Gasteiger partial charge in [-0.15, -0.1) is 0 Å². The minimum absolute atomic E-state index is 0.485. The van der Waals surface area contributed by atoms with Gasteiger partial charge in [0.25, 0.3) is 0 Å². The normalized spacial score (nSPS) is 33.2. The van der Waals surface area contributed by atoms with Gasteiger partial charge >= 0.3 is 0 Å². The minimum atomic E-state index is 0.485. The molecule has 2 aliphatic rings. The van der Waals surface area contributed by atoms with Crippen LogP contribution >= 0.6 is 0 Å². The van der Waals surface area contributed by atoms with E-state index in [2.05, 4.69) is 22.1 Å². The molecule has 0 amide bonds. The van der Waals surface area contributed by atoms with Crippen molar-refractivity contribution in [1.82, 2.24) is 15.0 Å². The lowest BCUT2D eigenvalue weighted by Gasteiger charge is -2.34. The van der Waals surface area contributed by atoms with Crippen molar-refractivity contribution >= 4 is 0 Å². The first-order chi connectivity index (χ1) is 8.28. The highest BCUT2D eigenvalue weighted by Crippen LogP contribution is 2.41. The van der Waals surface area contributed by atoms with Crippen LogP contribution in [0.3, 0.4) is 0 Å². The molecule has 94 valence electrons. The summed E-state index contributed by atoms with van der Waals surface area (Å²) in [5.74, 6) is 2.08. The number of hydrogen-bond acceptors (Lipinski definition) is 5. The molecule has 2 saturated heterocycles. The van der Waals surface area contributed by atoms with Gasteiger partial charge in [-0.3, -0.25) is 0 Å². The molecule has 2 N–H and O–H groups in total. The summed E-state index contributed by atoms with van der Waals surface area (Å²) >= 11 is 0. The van der Waals surface area contributed by atoms with E-state index in [1.165, 1.54) is 25.7 Å². The molecule has 5 heteroatoms. The molecular formula is C12H20N4O. The van der Waals surface area contributed by atoms with Crippen LogP contribution in [0.5, 0.6) is 0 Å². The maximum Gasteiger partial charge on any atom is 0.227 e. The molecule has 2 atom stereocenters. The fourth-order valence-electron chi connectivity index (χ4n) is 3.28. The van der Waals surface area contributed by atoms with Gasteiger partial charge in [-0.05, 0) is 32.7 Å². The number of piperidine rings is 1. The Kier molecular flexibility index (Phi) is 2.88. The van der Waals surface area contributed by atoms with E-state index < -0.39 is 0 Å². The smallest absolute Gasteiger partial charge is 0.227 e. The lowest BCUT2D eigenvalue weighted by molar-refractivity contribution is 0.157. The second-order valence-corrected chi connectivity index (χ2v) is 5.30. The Morgan fingerprint density at radius 3 is 2.71 bits per heavy atom. The quantitative estimate of drug-likeness (QED) is 0.845. The summed E-state index contributed by atoms with van der Waals surface area (Å²) in [5, 5.41) is 4.12. The van der Waals surface area contributed by atoms with Crippen LogP contribution < -0.4 is 5.73 Å². The lowest BCUT2D eigenvalue weighted by atomic mass is 9.90. The Morgan fingerprint density at radius 1 is 1.35 bits per heavy atom. The van der Waals surface area contributed by atoms with Gasteiger partial charge in [0.05, 0.1) is 0 Å². The van der Waals surface area contributed by atoms with Crippen molar-refractivity contribution < 1.29 is 4.52 Å². The highest BCUT2D eigenvalue weighted by Gasteiger charge is 2.40. The van der Waals surface area contributed by atoms with Gasteiger partial charge in [0, 0.05) is 31.0 Å². The van der Waals surface area contributed by atoms with Crippen molar-refractivity contribution in [2.75, 3.05) is 13.6 Å². The summed E-state index contributed by atoms with van der Waals surface area (Å²) in [7, 11) is 2.24. The summed E-state index contributed by atoms with van der Waals surface area (Å²) in [6.07, 6.45) is 5.69. The second kappa shape index (κ2) is 4.38. The predicted octanol–water partition coefficient (Wildman–Crippen LogP) is 0.911. The van der Waals surface area contributed by atoms with Crippen molar-refractivity contribution in [1.29, 1.82) is 0 Å². The summed E-state index contributed by atoms with van der Waals surface area (Å²) < 4.78 is 5.22. The Bertz CT molecular complexity index is 378. The van der Waals surface area contributed by atoms with Gasteiger partial charge in [0.1, 0.15) is 0 Å². The molecule has 0 spiro atoms. The van der Waals surface area contributed by atoms with Crippen LogP contribution in [0.1, 0.15) is 43.3 Å². The fourth-order valence-corrected chi connectivity index (χ4v) is 3.28. The number of aromatic nitrogens is 2. The Hall–Kier alpha value is -0.940. The molecule has 3 heterocycles. The van der Waals surface area contributed by atoms with Gasteiger partial charge in [0.15, 0.2) is 5.82 Å². The van der Waals surface area contributed by atoms with E-state index >= 15 is 0 Å².